The summed E-state index contributed by atoms with van der Waals surface area (Å²) in [5.74, 6) is 0.187. The van der Waals surface area contributed by atoms with Gasteiger partial charge in [0.2, 0.25) is 27.7 Å². The van der Waals surface area contributed by atoms with Gasteiger partial charge in [0.15, 0.2) is 0 Å². The first kappa shape index (κ1) is 133. The van der Waals surface area contributed by atoms with Gasteiger partial charge in [-0.2, -0.15) is 0 Å². The number of imide groups is 3. The number of piperidine rings is 1. The summed E-state index contributed by atoms with van der Waals surface area (Å²) in [6.45, 7) is 55.3. The van der Waals surface area contributed by atoms with E-state index in [4.69, 9.17) is 84.1 Å². The number of carbonyl (C=O) groups excluding carboxylic acids is 9. The van der Waals surface area contributed by atoms with Crippen molar-refractivity contribution in [2.24, 2.45) is 0 Å². The Morgan fingerprint density at radius 2 is 0.650 bits per heavy atom. The molecule has 3 aliphatic rings. The molecule has 0 spiro atoms. The van der Waals surface area contributed by atoms with Crippen LogP contribution in [0, 0.1) is 6.92 Å². The van der Waals surface area contributed by atoms with Crippen LogP contribution in [0.3, 0.4) is 0 Å². The van der Waals surface area contributed by atoms with Gasteiger partial charge in [0, 0.05) is 163 Å². The van der Waals surface area contributed by atoms with Gasteiger partial charge in [-0.3, -0.25) is 28.6 Å². The molecule has 0 atom stereocenters. The quantitative estimate of drug-likeness (QED) is 0.0108. The molecule has 3 aliphatic heterocycles. The van der Waals surface area contributed by atoms with Crippen molar-refractivity contribution in [1.82, 2.24) is 79.7 Å². The smallest absolute Gasteiger partial charge is 1.00 e. The summed E-state index contributed by atoms with van der Waals surface area (Å²) in [7, 11) is -1.00. The van der Waals surface area contributed by atoms with Gasteiger partial charge in [0.25, 0.3) is 6.47 Å². The van der Waals surface area contributed by atoms with Gasteiger partial charge in [-0.1, -0.05) is 76.6 Å². The van der Waals surface area contributed by atoms with Crippen molar-refractivity contribution in [1.29, 1.82) is 0 Å². The summed E-state index contributed by atoms with van der Waals surface area (Å²) in [4.78, 5) is 161. The largest absolute Gasteiger partial charge is 1.00 e. The Morgan fingerprint density at radius 1 is 0.407 bits per heavy atom. The van der Waals surface area contributed by atoms with E-state index in [1.807, 2.05) is 13.0 Å². The van der Waals surface area contributed by atoms with Crippen LogP contribution in [0.25, 0.3) is 0 Å². The van der Waals surface area contributed by atoms with E-state index >= 15 is 0 Å². The number of aromatic nitrogens is 10. The van der Waals surface area contributed by atoms with E-state index < -0.39 is 100 Å². The maximum Gasteiger partial charge on any atom is 1.00 e. The number of aryl methyl sites for hydroxylation is 1. The van der Waals surface area contributed by atoms with Crippen molar-refractivity contribution in [3.05, 3.63) is 177 Å². The summed E-state index contributed by atoms with van der Waals surface area (Å²) in [6, 6.07) is 21.1. The predicted octanol–water partition coefficient (Wildman–Crippen LogP) is 9.28. The number of ether oxygens (including phenoxy) is 8. The Bertz CT molecular complexity index is 4630. The first-order chi connectivity index (χ1) is 64.1. The molecule has 37 nitrogen and oxygen atoms in total. The molecule has 5 aromatic heterocycles. The summed E-state index contributed by atoms with van der Waals surface area (Å²) >= 11 is 19.7. The van der Waals surface area contributed by atoms with Crippen LogP contribution in [-0.4, -0.2) is 247 Å². The molecule has 140 heavy (non-hydrogen) atoms. The van der Waals surface area contributed by atoms with Gasteiger partial charge in [0.1, 0.15) is 51.2 Å². The van der Waals surface area contributed by atoms with Gasteiger partial charge in [-0.25, -0.2) is 93.3 Å². The molecule has 3 fully saturated rings. The number of benzene rings is 2. The molecule has 0 radical (unpaired) electrons. The molecule has 764 valence electrons. The Hall–Kier alpha value is -6.54. The second kappa shape index (κ2) is 68.0. The summed E-state index contributed by atoms with van der Waals surface area (Å²) in [5.41, 5.74) is 0.939. The molecular weight excluding hydrogens is 2000 g/mol. The molecule has 0 saturated carbocycles. The number of piperazine rings is 2. The van der Waals surface area contributed by atoms with E-state index in [1.54, 1.807) is 216 Å². The van der Waals surface area contributed by atoms with Crippen molar-refractivity contribution in [3.63, 3.8) is 0 Å². The van der Waals surface area contributed by atoms with Gasteiger partial charge < -0.3 is 66.0 Å². The molecule has 0 aliphatic carbocycles. The number of rotatable bonds is 16. The third kappa shape index (κ3) is 65.8. The molecule has 0 unspecified atom stereocenters. The van der Waals surface area contributed by atoms with Gasteiger partial charge >= 0.3 is 181 Å². The van der Waals surface area contributed by atoms with Crippen molar-refractivity contribution >= 4 is 118 Å². The van der Waals surface area contributed by atoms with Gasteiger partial charge in [-0.05, 0) is 249 Å². The van der Waals surface area contributed by atoms with E-state index in [-0.39, 0.29) is 173 Å². The fraction of sp³-hybridized carbons (Fsp3) is 0.568. The molecule has 8 heterocycles. The number of hydrogen-bond acceptors (Lipinski definition) is 34. The minimum absolute atomic E-state index is 0. The van der Waals surface area contributed by atoms with Crippen LogP contribution in [0.15, 0.2) is 123 Å². The van der Waals surface area contributed by atoms with E-state index in [0.29, 0.717) is 39.2 Å². The molecule has 45 heteroatoms. The fourth-order valence-corrected chi connectivity index (χ4v) is 11.7. The van der Waals surface area contributed by atoms with E-state index in [9.17, 15) is 42.7 Å². The van der Waals surface area contributed by atoms with Crippen LogP contribution < -0.4 is 153 Å². The number of alkyl halides is 2. The summed E-state index contributed by atoms with van der Waals surface area (Å²) < 4.78 is 57.5. The predicted molar refractivity (Wildman–Crippen MR) is 524 cm³/mol. The van der Waals surface area contributed by atoms with Crippen LogP contribution in [-0.2, 0) is 95.2 Å². The first-order valence-corrected chi connectivity index (χ1v) is 46.4. The SMILES string of the molecule is CC(C)(C)OC(=O)CC(=O)OC(C)(C)C.CC(C)(C)OC(=O)N(Cc1cnc(Cl)nc1)C(=O)OC(C)(C)C.CC(C)(C)OC(=O)N(Cc1cnc(N2CCCCC2)nc1)C(=O)OC(C)(C)C.CC(C)(C)OC(=O)N(Cc1cnc(N2CCN(Cc3ccccc3)CC2)nc1)C(=O)OC(C)(C)C.Cc1cnc(Cl)nc1.Clc1ncc(CBr)cn1.O=CO[O-].[2H]CF.[H-].[H-].[K+].[K+].[Na+].c1ccc(CN2CCNCC2)cc1. The number of esters is 2. The minimum Gasteiger partial charge on any atom is -1.00 e. The number of amides is 6. The van der Waals surface area contributed by atoms with Crippen molar-refractivity contribution in [2.45, 2.75) is 282 Å². The Morgan fingerprint density at radius 3 is 0.900 bits per heavy atom. The van der Waals surface area contributed by atoms with Crippen LogP contribution in [0.2, 0.25) is 15.9 Å². The molecule has 7 aromatic rings. The second-order valence-corrected chi connectivity index (χ2v) is 40.2. The average Bonchev–Trinajstić information content (AvgIpc) is 0.826. The van der Waals surface area contributed by atoms with Crippen LogP contribution in [0.4, 0.5) is 45.1 Å². The normalized spacial score (nSPS) is 13.2. The maximum absolute atomic E-state index is 12.7. The zero-order chi connectivity index (χ0) is 104. The van der Waals surface area contributed by atoms with Crippen molar-refractivity contribution < 1.29 is 232 Å². The van der Waals surface area contributed by atoms with Gasteiger partial charge in [0.05, 0.1) is 28.2 Å². The van der Waals surface area contributed by atoms with E-state index in [0.717, 1.165) is 109 Å². The number of nitrogens with zero attached hydrogens (tertiary/aromatic N) is 17. The van der Waals surface area contributed by atoms with Crippen LogP contribution >= 0.6 is 50.7 Å². The summed E-state index contributed by atoms with van der Waals surface area (Å²) in [5, 5.41) is 13.2. The zero-order valence-electron chi connectivity index (χ0n) is 89.7. The first-order valence-electron chi connectivity index (χ1n) is 44.8. The Labute approximate surface area is 960 Å². The zero-order valence-corrected chi connectivity index (χ0v) is 98.8. The van der Waals surface area contributed by atoms with Crippen LogP contribution in [0.1, 0.15) is 235 Å². The van der Waals surface area contributed by atoms with Gasteiger partial charge in [-0.15, -0.1) is 0 Å². The minimum atomic E-state index is -1.00. The molecule has 2 aromatic carbocycles. The summed E-state index contributed by atoms with van der Waals surface area (Å²) in [6.07, 6.45) is 14.6. The Balaban J connectivity index is -0.000000810. The number of nitrogens with one attached hydrogen (secondary N) is 1. The van der Waals surface area contributed by atoms with Crippen molar-refractivity contribution in [2.75, 3.05) is 82.4 Å². The molecular formula is C95H142BrCl3FK2N18NaO19. The topological polar surface area (TPSA) is 423 Å². The molecule has 1 N–H and O–H groups in total. The molecule has 0 bridgehead atoms. The molecule has 3 saturated heterocycles. The number of hydrogen-bond donors (Lipinski definition) is 1. The number of carbonyl (C=O) groups is 9. The van der Waals surface area contributed by atoms with E-state index in [2.05, 4.69) is 150 Å². The number of halogens is 5. The Kier molecular flexibility index (Phi) is 64.8. The van der Waals surface area contributed by atoms with E-state index in [1.165, 1.54) is 43.0 Å². The van der Waals surface area contributed by atoms with Crippen molar-refractivity contribution in [3.8, 4) is 0 Å². The van der Waals surface area contributed by atoms with Crippen LogP contribution in [0.5, 0.6) is 0 Å². The number of anilines is 2. The maximum atomic E-state index is 12.7. The monoisotopic (exact) mass is 2140 g/mol. The molecule has 6 amide bonds. The standard InChI is InChI=1S/C26H37N5O4.C20H32N4O4.C15H22ClN3O4.C11H16N2.C11H20O4.C5H4BrClN2.C5H5ClN2.CH3F.CH2O3.2K.Na.2H/c1-25(2,3)34-23(32)31(24(33)35-26(4,5)6)19-21-16-27-22(28-17-21)30-14-12-29(13-15-30)18-20-10-8-7-9-11-20;1-19(2,3)27-17(25)24(18(26)28-20(4,5)6)14-15-12-21-16(22-13-15)23-10-8-7-9-11-23;1-14(2,3)22-12(20)19(13(21)23-15(4,5)6)9-10-7-17-11(16)18-8-10;1-2-4-11(5-3-1)10-13-8-6-12-7-9-13;1-10(2,3)14-8(12)7-9(13)15-11(4,5)6;6-1-4-2-8-5(7)9-3-4;1-4-2-7-5(6)8-3-4;1-2;2-1-4-3;;;;;/h7-11,16-17H,12-15,18-19H2,1-6H3;12-13H,7-11,14H2,1-6H3;7-8H,9H2,1-6H3;1-5,12H,6-10H2;7H2,1-6H3;2-3H,1H2;2-3H,1H3;1H3;1,3H;;;;;/q;;;;;;;;;3*+1;2*-1/p-1/i;;;;;;;1D;;;;;;. The third-order valence-corrected chi connectivity index (χ3v) is 17.7. The second-order valence-electron chi connectivity index (χ2n) is 38.7. The fourth-order valence-electron chi connectivity index (χ4n) is 11.1. The average molecular weight is 2150 g/mol. The molecule has 10 rings (SSSR count). The third-order valence-electron chi connectivity index (χ3n) is 16.5.